The lowest BCUT2D eigenvalue weighted by molar-refractivity contribution is -0.108. The van der Waals surface area contributed by atoms with Crippen LogP contribution in [0.25, 0.3) is 0 Å². The molecule has 110 valence electrons. The number of nitrogens with zero attached hydrogens (tertiary/aromatic N) is 2. The van der Waals surface area contributed by atoms with E-state index in [0.717, 1.165) is 25.8 Å². The van der Waals surface area contributed by atoms with Crippen molar-refractivity contribution in [1.82, 2.24) is 9.80 Å². The summed E-state index contributed by atoms with van der Waals surface area (Å²) in [5, 5.41) is 0. The summed E-state index contributed by atoms with van der Waals surface area (Å²) in [7, 11) is 2.20. The molecular formula is C17H26N2O. The van der Waals surface area contributed by atoms with Crippen LogP contribution in [0.15, 0.2) is 30.3 Å². The normalized spacial score (nSPS) is 17.5. The predicted octanol–water partition coefficient (Wildman–Crippen LogP) is 2.56. The highest BCUT2D eigenvalue weighted by Crippen LogP contribution is 2.17. The Balaban J connectivity index is 1.70. The van der Waals surface area contributed by atoms with Gasteiger partial charge in [0.15, 0.2) is 0 Å². The maximum atomic E-state index is 10.4. The molecule has 0 saturated carbocycles. The van der Waals surface area contributed by atoms with Gasteiger partial charge in [0, 0.05) is 19.0 Å². The van der Waals surface area contributed by atoms with Crippen molar-refractivity contribution in [2.45, 2.75) is 38.3 Å². The third-order valence-electron chi connectivity index (χ3n) is 4.26. The first kappa shape index (κ1) is 15.2. The van der Waals surface area contributed by atoms with E-state index in [0.29, 0.717) is 12.5 Å². The number of unbranched alkanes of at least 4 members (excludes halogenated alkanes) is 1. The molecular weight excluding hydrogens is 248 g/mol. The van der Waals surface area contributed by atoms with Crippen LogP contribution in [0.5, 0.6) is 0 Å². The molecule has 1 heterocycles. The van der Waals surface area contributed by atoms with Crippen LogP contribution in [0.4, 0.5) is 0 Å². The van der Waals surface area contributed by atoms with Crippen LogP contribution in [0, 0.1) is 0 Å². The highest BCUT2D eigenvalue weighted by atomic mass is 16.1. The molecule has 1 aromatic rings. The summed E-state index contributed by atoms with van der Waals surface area (Å²) in [6, 6.07) is 11.4. The van der Waals surface area contributed by atoms with Gasteiger partial charge < -0.3 is 9.69 Å². The van der Waals surface area contributed by atoms with Gasteiger partial charge in [-0.15, -0.1) is 0 Å². The second kappa shape index (κ2) is 8.18. The molecule has 1 aromatic carbocycles. The second-order valence-electron chi connectivity index (χ2n) is 5.78. The zero-order valence-electron chi connectivity index (χ0n) is 12.5. The van der Waals surface area contributed by atoms with Gasteiger partial charge in [-0.05, 0) is 51.5 Å². The van der Waals surface area contributed by atoms with Gasteiger partial charge >= 0.3 is 0 Å². The monoisotopic (exact) mass is 274 g/mol. The average molecular weight is 274 g/mol. The second-order valence-corrected chi connectivity index (χ2v) is 5.78. The Bertz CT molecular complexity index is 385. The Morgan fingerprint density at radius 2 is 1.95 bits per heavy atom. The zero-order valence-corrected chi connectivity index (χ0v) is 12.5. The lowest BCUT2D eigenvalue weighted by atomic mass is 10.0. The summed E-state index contributed by atoms with van der Waals surface area (Å²) < 4.78 is 0. The maximum absolute atomic E-state index is 10.4. The number of benzene rings is 1. The van der Waals surface area contributed by atoms with Crippen LogP contribution in [0.2, 0.25) is 0 Å². The van der Waals surface area contributed by atoms with Crippen molar-refractivity contribution in [3.63, 3.8) is 0 Å². The molecule has 3 nitrogen and oxygen atoms in total. The topological polar surface area (TPSA) is 23.6 Å². The molecule has 1 aliphatic rings. The van der Waals surface area contributed by atoms with Crippen molar-refractivity contribution in [3.8, 4) is 0 Å². The Kier molecular flexibility index (Phi) is 6.22. The van der Waals surface area contributed by atoms with Crippen LogP contribution in [0.3, 0.4) is 0 Å². The number of carbonyl (C=O) groups is 1. The van der Waals surface area contributed by atoms with Gasteiger partial charge in [-0.25, -0.2) is 0 Å². The molecule has 3 heteroatoms. The van der Waals surface area contributed by atoms with E-state index in [1.807, 2.05) is 0 Å². The fourth-order valence-electron chi connectivity index (χ4n) is 2.97. The van der Waals surface area contributed by atoms with E-state index in [-0.39, 0.29) is 0 Å². The molecule has 1 aliphatic heterocycles. The van der Waals surface area contributed by atoms with Crippen LogP contribution < -0.4 is 0 Å². The van der Waals surface area contributed by atoms with Crippen LogP contribution in [-0.4, -0.2) is 48.8 Å². The highest BCUT2D eigenvalue weighted by molar-refractivity contribution is 5.48. The van der Waals surface area contributed by atoms with E-state index < -0.39 is 0 Å². The first-order valence-electron chi connectivity index (χ1n) is 7.70. The van der Waals surface area contributed by atoms with E-state index in [9.17, 15) is 4.79 Å². The van der Waals surface area contributed by atoms with Gasteiger partial charge in [0.1, 0.15) is 6.29 Å². The number of carbonyl (C=O) groups excluding carboxylic acids is 1. The van der Waals surface area contributed by atoms with Gasteiger partial charge in [-0.2, -0.15) is 0 Å². The summed E-state index contributed by atoms with van der Waals surface area (Å²) in [6.07, 6.45) is 5.19. The van der Waals surface area contributed by atoms with E-state index in [2.05, 4.69) is 47.2 Å². The van der Waals surface area contributed by atoms with Gasteiger partial charge in [0.25, 0.3) is 0 Å². The molecule has 0 spiro atoms. The Morgan fingerprint density at radius 1 is 1.25 bits per heavy atom. The summed E-state index contributed by atoms with van der Waals surface area (Å²) in [4.78, 5) is 15.3. The molecule has 0 aliphatic carbocycles. The van der Waals surface area contributed by atoms with E-state index in [1.165, 1.54) is 31.5 Å². The van der Waals surface area contributed by atoms with Crippen molar-refractivity contribution in [3.05, 3.63) is 35.9 Å². The van der Waals surface area contributed by atoms with Crippen molar-refractivity contribution >= 4 is 6.29 Å². The van der Waals surface area contributed by atoms with Gasteiger partial charge in [-0.1, -0.05) is 30.3 Å². The number of hydrogen-bond acceptors (Lipinski definition) is 3. The number of hydrogen-bond donors (Lipinski definition) is 0. The van der Waals surface area contributed by atoms with Gasteiger partial charge in [-0.3, -0.25) is 4.90 Å². The molecule has 0 radical (unpaired) electrons. The molecule has 20 heavy (non-hydrogen) atoms. The van der Waals surface area contributed by atoms with Crippen molar-refractivity contribution < 1.29 is 4.79 Å². The molecule has 1 fully saturated rings. The minimum Gasteiger partial charge on any atom is -0.303 e. The zero-order chi connectivity index (χ0) is 14.2. The Morgan fingerprint density at radius 3 is 2.60 bits per heavy atom. The highest BCUT2D eigenvalue weighted by Gasteiger charge is 2.21. The largest absolute Gasteiger partial charge is 0.303 e. The number of piperidine rings is 1. The molecule has 2 rings (SSSR count). The third-order valence-corrected chi connectivity index (χ3v) is 4.26. The SMILES string of the molecule is CN(CCCC=O)C1CCN(Cc2ccccc2)CC1. The summed E-state index contributed by atoms with van der Waals surface area (Å²) >= 11 is 0. The lowest BCUT2D eigenvalue weighted by Crippen LogP contribution is -2.43. The molecule has 0 bridgehead atoms. The minimum atomic E-state index is 0.689. The van der Waals surface area contributed by atoms with Gasteiger partial charge in [0.05, 0.1) is 0 Å². The molecule has 0 aromatic heterocycles. The Labute approximate surface area is 122 Å². The Hall–Kier alpha value is -1.19. The van der Waals surface area contributed by atoms with E-state index in [4.69, 9.17) is 0 Å². The summed E-state index contributed by atoms with van der Waals surface area (Å²) in [6.45, 7) is 4.47. The summed E-state index contributed by atoms with van der Waals surface area (Å²) in [5.74, 6) is 0. The number of aldehydes is 1. The fraction of sp³-hybridized carbons (Fsp3) is 0.588. The quantitative estimate of drug-likeness (QED) is 0.564. The van der Waals surface area contributed by atoms with Crippen LogP contribution in [-0.2, 0) is 11.3 Å². The minimum absolute atomic E-state index is 0.689. The molecule has 0 N–H and O–H groups in total. The first-order chi connectivity index (χ1) is 9.79. The van der Waals surface area contributed by atoms with Crippen molar-refractivity contribution in [2.24, 2.45) is 0 Å². The molecule has 1 saturated heterocycles. The third kappa shape index (κ3) is 4.73. The number of rotatable bonds is 7. The van der Waals surface area contributed by atoms with Crippen molar-refractivity contribution in [2.75, 3.05) is 26.7 Å². The van der Waals surface area contributed by atoms with E-state index >= 15 is 0 Å². The number of likely N-dealkylation sites (tertiary alicyclic amines) is 1. The fourth-order valence-corrected chi connectivity index (χ4v) is 2.97. The van der Waals surface area contributed by atoms with Crippen molar-refractivity contribution in [1.29, 1.82) is 0 Å². The van der Waals surface area contributed by atoms with Crippen LogP contribution in [0.1, 0.15) is 31.2 Å². The predicted molar refractivity (Wildman–Crippen MR) is 82.7 cm³/mol. The average Bonchev–Trinajstić information content (AvgIpc) is 2.49. The first-order valence-corrected chi connectivity index (χ1v) is 7.70. The lowest BCUT2D eigenvalue weighted by Gasteiger charge is -2.36. The maximum Gasteiger partial charge on any atom is 0.120 e. The molecule has 0 amide bonds. The van der Waals surface area contributed by atoms with Gasteiger partial charge in [0.2, 0.25) is 0 Å². The van der Waals surface area contributed by atoms with E-state index in [1.54, 1.807) is 0 Å². The smallest absolute Gasteiger partial charge is 0.120 e. The standard InChI is InChI=1S/C17H26N2O/c1-18(11-5-6-14-20)17-9-12-19(13-10-17)15-16-7-3-2-4-8-16/h2-4,7-8,14,17H,5-6,9-13,15H2,1H3. The van der Waals surface area contributed by atoms with Crippen LogP contribution >= 0.6 is 0 Å². The molecule has 0 unspecified atom stereocenters. The molecule has 0 atom stereocenters. The summed E-state index contributed by atoms with van der Waals surface area (Å²) in [5.41, 5.74) is 1.41.